The summed E-state index contributed by atoms with van der Waals surface area (Å²) in [5.41, 5.74) is 1.67. The maximum absolute atomic E-state index is 11.8. The number of halogens is 1. The molecular weight excluding hydrogens is 346 g/mol. The number of rotatable bonds is 4. The summed E-state index contributed by atoms with van der Waals surface area (Å²) in [6.45, 7) is 0. The highest BCUT2D eigenvalue weighted by molar-refractivity contribution is 9.10. The normalized spacial score (nSPS) is 9.64. The van der Waals surface area contributed by atoms with Gasteiger partial charge in [0.25, 0.3) is 0 Å². The fraction of sp³-hybridized carbons (Fsp3) is 0.0625. The molecule has 0 aliphatic rings. The third-order valence-corrected chi connectivity index (χ3v) is 3.28. The Bertz CT molecular complexity index is 719. The van der Waals surface area contributed by atoms with Gasteiger partial charge in [0.15, 0.2) is 0 Å². The van der Waals surface area contributed by atoms with Crippen molar-refractivity contribution in [2.24, 2.45) is 0 Å². The SMILES string of the molecule is N#Cc1ccc(NC(=O)CC(=O)Nc2ccc(Br)cc2)cc1. The van der Waals surface area contributed by atoms with Crippen molar-refractivity contribution in [3.63, 3.8) is 0 Å². The van der Waals surface area contributed by atoms with Crippen LogP contribution in [0.2, 0.25) is 0 Å². The number of carbonyl (C=O) groups excluding carboxylic acids is 2. The first-order chi connectivity index (χ1) is 10.6. The molecule has 2 aromatic rings. The second kappa shape index (κ2) is 7.38. The topological polar surface area (TPSA) is 82.0 Å². The van der Waals surface area contributed by atoms with E-state index in [1.54, 1.807) is 48.5 Å². The molecule has 2 amide bonds. The van der Waals surface area contributed by atoms with Crippen LogP contribution in [-0.4, -0.2) is 11.8 Å². The van der Waals surface area contributed by atoms with Gasteiger partial charge in [-0.3, -0.25) is 9.59 Å². The molecule has 0 fully saturated rings. The predicted molar refractivity (Wildman–Crippen MR) is 87.2 cm³/mol. The molecular formula is C16H12BrN3O2. The van der Waals surface area contributed by atoms with Crippen molar-refractivity contribution < 1.29 is 9.59 Å². The molecule has 0 aliphatic carbocycles. The van der Waals surface area contributed by atoms with E-state index in [2.05, 4.69) is 26.6 Å². The minimum atomic E-state index is -0.417. The van der Waals surface area contributed by atoms with Crippen LogP contribution in [0.1, 0.15) is 12.0 Å². The van der Waals surface area contributed by atoms with Crippen LogP contribution in [0, 0.1) is 11.3 Å². The maximum atomic E-state index is 11.8. The molecule has 0 radical (unpaired) electrons. The number of hydrogen-bond acceptors (Lipinski definition) is 3. The standard InChI is InChI=1S/C16H12BrN3O2/c17-12-3-7-14(8-4-12)20-16(22)9-15(21)19-13-5-1-11(10-18)2-6-13/h1-8H,9H2,(H,19,21)(H,20,22). The van der Waals surface area contributed by atoms with Crippen molar-refractivity contribution in [3.05, 3.63) is 58.6 Å². The lowest BCUT2D eigenvalue weighted by Gasteiger charge is -2.07. The fourth-order valence-corrected chi connectivity index (χ4v) is 1.98. The van der Waals surface area contributed by atoms with E-state index in [0.29, 0.717) is 16.9 Å². The number of nitriles is 1. The molecule has 2 rings (SSSR count). The average molecular weight is 358 g/mol. The quantitative estimate of drug-likeness (QED) is 0.823. The Morgan fingerprint density at radius 2 is 1.36 bits per heavy atom. The van der Waals surface area contributed by atoms with Gasteiger partial charge >= 0.3 is 0 Å². The maximum Gasteiger partial charge on any atom is 0.233 e. The summed E-state index contributed by atoms with van der Waals surface area (Å²) in [6, 6.07) is 15.5. The van der Waals surface area contributed by atoms with Crippen LogP contribution in [0.3, 0.4) is 0 Å². The van der Waals surface area contributed by atoms with Crippen molar-refractivity contribution in [3.8, 4) is 6.07 Å². The van der Waals surface area contributed by atoms with Crippen LogP contribution in [0.15, 0.2) is 53.0 Å². The molecule has 0 saturated carbocycles. The number of hydrogen-bond donors (Lipinski definition) is 2. The van der Waals surface area contributed by atoms with Crippen LogP contribution in [0.4, 0.5) is 11.4 Å². The van der Waals surface area contributed by atoms with Crippen molar-refractivity contribution in [2.75, 3.05) is 10.6 Å². The van der Waals surface area contributed by atoms with Crippen molar-refractivity contribution >= 4 is 39.1 Å². The van der Waals surface area contributed by atoms with Crippen LogP contribution >= 0.6 is 15.9 Å². The van der Waals surface area contributed by atoms with E-state index in [4.69, 9.17) is 5.26 Å². The van der Waals surface area contributed by atoms with Crippen LogP contribution in [0.5, 0.6) is 0 Å². The lowest BCUT2D eigenvalue weighted by Crippen LogP contribution is -2.21. The summed E-state index contributed by atoms with van der Waals surface area (Å²) in [6.07, 6.45) is -0.282. The third-order valence-electron chi connectivity index (χ3n) is 2.75. The Morgan fingerprint density at radius 3 is 1.82 bits per heavy atom. The Balaban J connectivity index is 1.86. The number of amides is 2. The molecule has 0 heterocycles. The zero-order chi connectivity index (χ0) is 15.9. The van der Waals surface area contributed by atoms with E-state index in [9.17, 15) is 9.59 Å². The Morgan fingerprint density at radius 1 is 0.909 bits per heavy atom. The first-order valence-electron chi connectivity index (χ1n) is 6.42. The van der Waals surface area contributed by atoms with Gasteiger partial charge in [-0.25, -0.2) is 0 Å². The van der Waals surface area contributed by atoms with Crippen LogP contribution in [0.25, 0.3) is 0 Å². The molecule has 5 nitrogen and oxygen atoms in total. The van der Waals surface area contributed by atoms with Gasteiger partial charge in [0.2, 0.25) is 11.8 Å². The number of nitrogens with one attached hydrogen (secondary N) is 2. The first kappa shape index (κ1) is 15.7. The molecule has 6 heteroatoms. The second-order valence-electron chi connectivity index (χ2n) is 4.47. The lowest BCUT2D eigenvalue weighted by molar-refractivity contribution is -0.123. The molecule has 0 unspecified atom stereocenters. The summed E-state index contributed by atoms with van der Waals surface area (Å²) in [4.78, 5) is 23.5. The highest BCUT2D eigenvalue weighted by Gasteiger charge is 2.10. The largest absolute Gasteiger partial charge is 0.326 e. The predicted octanol–water partition coefficient (Wildman–Crippen LogP) is 3.29. The molecule has 0 bridgehead atoms. The van der Waals surface area contributed by atoms with Crippen molar-refractivity contribution in [1.82, 2.24) is 0 Å². The monoisotopic (exact) mass is 357 g/mol. The van der Waals surface area contributed by atoms with Gasteiger partial charge in [0.1, 0.15) is 6.42 Å². The molecule has 110 valence electrons. The minimum absolute atomic E-state index is 0.282. The van der Waals surface area contributed by atoms with Crippen LogP contribution in [-0.2, 0) is 9.59 Å². The van der Waals surface area contributed by atoms with E-state index in [-0.39, 0.29) is 6.42 Å². The summed E-state index contributed by atoms with van der Waals surface area (Å²) in [5, 5.41) is 13.9. The Kier molecular flexibility index (Phi) is 5.28. The molecule has 0 spiro atoms. The molecule has 0 atom stereocenters. The van der Waals surface area contributed by atoms with Gasteiger partial charge in [-0.05, 0) is 48.5 Å². The van der Waals surface area contributed by atoms with Crippen LogP contribution < -0.4 is 10.6 Å². The molecule has 2 aromatic carbocycles. The average Bonchev–Trinajstić information content (AvgIpc) is 2.50. The van der Waals surface area contributed by atoms with E-state index < -0.39 is 11.8 Å². The zero-order valence-electron chi connectivity index (χ0n) is 11.5. The fourth-order valence-electron chi connectivity index (χ4n) is 1.72. The highest BCUT2D eigenvalue weighted by atomic mass is 79.9. The van der Waals surface area contributed by atoms with Crippen molar-refractivity contribution in [1.29, 1.82) is 5.26 Å². The van der Waals surface area contributed by atoms with Gasteiger partial charge in [-0.15, -0.1) is 0 Å². The van der Waals surface area contributed by atoms with E-state index in [1.165, 1.54) is 0 Å². The highest BCUT2D eigenvalue weighted by Crippen LogP contribution is 2.14. The summed E-state index contributed by atoms with van der Waals surface area (Å²) >= 11 is 3.30. The summed E-state index contributed by atoms with van der Waals surface area (Å²) in [5.74, 6) is -0.812. The lowest BCUT2D eigenvalue weighted by atomic mass is 10.2. The van der Waals surface area contributed by atoms with E-state index in [0.717, 1.165) is 4.47 Å². The minimum Gasteiger partial charge on any atom is -0.326 e. The van der Waals surface area contributed by atoms with E-state index in [1.807, 2.05) is 6.07 Å². The molecule has 0 aromatic heterocycles. The molecule has 0 saturated heterocycles. The summed E-state index contributed by atoms with van der Waals surface area (Å²) in [7, 11) is 0. The molecule has 2 N–H and O–H groups in total. The number of nitrogens with zero attached hydrogens (tertiary/aromatic N) is 1. The van der Waals surface area contributed by atoms with Gasteiger partial charge in [-0.1, -0.05) is 15.9 Å². The Labute approximate surface area is 136 Å². The van der Waals surface area contributed by atoms with E-state index >= 15 is 0 Å². The molecule has 0 aliphatic heterocycles. The summed E-state index contributed by atoms with van der Waals surface area (Å²) < 4.78 is 0.907. The zero-order valence-corrected chi connectivity index (χ0v) is 13.1. The number of carbonyl (C=O) groups is 2. The van der Waals surface area contributed by atoms with Gasteiger partial charge < -0.3 is 10.6 Å². The van der Waals surface area contributed by atoms with Gasteiger partial charge in [0.05, 0.1) is 11.6 Å². The van der Waals surface area contributed by atoms with Gasteiger partial charge in [0, 0.05) is 15.8 Å². The smallest absolute Gasteiger partial charge is 0.233 e. The second-order valence-corrected chi connectivity index (χ2v) is 5.38. The third kappa shape index (κ3) is 4.72. The first-order valence-corrected chi connectivity index (χ1v) is 7.21. The number of anilines is 2. The number of benzene rings is 2. The Hall–Kier alpha value is -2.65. The van der Waals surface area contributed by atoms with Gasteiger partial charge in [-0.2, -0.15) is 5.26 Å². The van der Waals surface area contributed by atoms with Crippen molar-refractivity contribution in [2.45, 2.75) is 6.42 Å². The molecule has 22 heavy (non-hydrogen) atoms.